The van der Waals surface area contributed by atoms with Gasteiger partial charge >= 0.3 is 0 Å². The van der Waals surface area contributed by atoms with E-state index >= 15 is 0 Å². The van der Waals surface area contributed by atoms with Crippen LogP contribution >= 0.6 is 0 Å². The Bertz CT molecular complexity index is 548. The van der Waals surface area contributed by atoms with Gasteiger partial charge in [0, 0.05) is 6.54 Å². The average molecular weight is 247 g/mol. The van der Waals surface area contributed by atoms with Crippen molar-refractivity contribution in [2.24, 2.45) is 5.84 Å². The number of nitrogens with two attached hydrogens (primary N) is 1. The van der Waals surface area contributed by atoms with Crippen LogP contribution in [0.2, 0.25) is 0 Å². The Morgan fingerprint density at radius 1 is 1.44 bits per heavy atom. The first-order valence-corrected chi connectivity index (χ1v) is 5.95. The molecule has 1 amide bonds. The highest BCUT2D eigenvalue weighted by molar-refractivity contribution is 5.82. The third kappa shape index (κ3) is 2.43. The van der Waals surface area contributed by atoms with Gasteiger partial charge in [-0.15, -0.1) is 0 Å². The van der Waals surface area contributed by atoms with Crippen LogP contribution in [0.4, 0.5) is 5.95 Å². The van der Waals surface area contributed by atoms with Gasteiger partial charge in [-0.25, -0.2) is 10.8 Å². The van der Waals surface area contributed by atoms with E-state index in [1.807, 2.05) is 28.8 Å². The monoisotopic (exact) mass is 247 g/mol. The van der Waals surface area contributed by atoms with E-state index in [1.54, 1.807) is 0 Å². The lowest BCUT2D eigenvalue weighted by Crippen LogP contribution is -2.33. The molecule has 0 fully saturated rings. The van der Waals surface area contributed by atoms with E-state index in [1.165, 1.54) is 0 Å². The van der Waals surface area contributed by atoms with Crippen LogP contribution in [-0.4, -0.2) is 22.0 Å². The molecule has 0 bridgehead atoms. The second-order valence-electron chi connectivity index (χ2n) is 4.00. The smallest absolute Gasteiger partial charge is 0.253 e. The third-order valence-corrected chi connectivity index (χ3v) is 2.65. The van der Waals surface area contributed by atoms with Crippen molar-refractivity contribution in [1.29, 1.82) is 0 Å². The molecule has 6 heteroatoms. The third-order valence-electron chi connectivity index (χ3n) is 2.65. The molecule has 0 aliphatic carbocycles. The predicted molar refractivity (Wildman–Crippen MR) is 70.8 cm³/mol. The molecule has 4 N–H and O–H groups in total. The van der Waals surface area contributed by atoms with Crippen LogP contribution in [0.1, 0.15) is 13.3 Å². The molecule has 1 heterocycles. The van der Waals surface area contributed by atoms with Crippen molar-refractivity contribution in [3.63, 3.8) is 0 Å². The predicted octanol–water partition coefficient (Wildman–Crippen LogP) is 0.848. The summed E-state index contributed by atoms with van der Waals surface area (Å²) in [5.41, 5.74) is 3.91. The van der Waals surface area contributed by atoms with Crippen molar-refractivity contribution in [3.05, 3.63) is 24.3 Å². The number of carbonyl (C=O) groups excluding carboxylic acids is 1. The zero-order chi connectivity index (χ0) is 13.0. The molecule has 96 valence electrons. The molecule has 0 radical (unpaired) electrons. The molecule has 0 unspecified atom stereocenters. The highest BCUT2D eigenvalue weighted by Gasteiger charge is 2.12. The molecule has 1 aromatic carbocycles. The number of aromatic nitrogens is 2. The van der Waals surface area contributed by atoms with Gasteiger partial charge in [0.2, 0.25) is 5.95 Å². The lowest BCUT2D eigenvalue weighted by atomic mass is 10.3. The summed E-state index contributed by atoms with van der Waals surface area (Å²) in [5.74, 6) is 5.57. The number of anilines is 1. The molecule has 2 aromatic rings. The minimum absolute atomic E-state index is 0.156. The maximum absolute atomic E-state index is 11.4. The van der Waals surface area contributed by atoms with Crippen LogP contribution in [0.5, 0.6) is 0 Å². The maximum atomic E-state index is 11.4. The van der Waals surface area contributed by atoms with Crippen LogP contribution in [0.3, 0.4) is 0 Å². The summed E-state index contributed by atoms with van der Waals surface area (Å²) >= 11 is 0. The van der Waals surface area contributed by atoms with Crippen molar-refractivity contribution in [2.75, 3.05) is 11.9 Å². The average Bonchev–Trinajstić information content (AvgIpc) is 2.74. The fourth-order valence-electron chi connectivity index (χ4n) is 1.80. The number of hydrogen-bond acceptors (Lipinski definition) is 4. The van der Waals surface area contributed by atoms with Gasteiger partial charge in [-0.05, 0) is 18.6 Å². The second-order valence-corrected chi connectivity index (χ2v) is 4.00. The summed E-state index contributed by atoms with van der Waals surface area (Å²) in [7, 11) is 0. The maximum Gasteiger partial charge on any atom is 0.253 e. The topological polar surface area (TPSA) is 85.0 Å². The van der Waals surface area contributed by atoms with Crippen LogP contribution in [0, 0.1) is 0 Å². The molecule has 2 rings (SSSR count). The Labute approximate surface area is 105 Å². The van der Waals surface area contributed by atoms with Gasteiger partial charge in [-0.1, -0.05) is 19.1 Å². The van der Waals surface area contributed by atoms with Crippen molar-refractivity contribution in [2.45, 2.75) is 19.9 Å². The molecule has 0 aliphatic heterocycles. The summed E-state index contributed by atoms with van der Waals surface area (Å²) in [6, 6.07) is 7.70. The van der Waals surface area contributed by atoms with E-state index in [4.69, 9.17) is 5.84 Å². The van der Waals surface area contributed by atoms with Crippen molar-refractivity contribution in [1.82, 2.24) is 15.0 Å². The molecule has 0 aliphatic rings. The standard InChI is InChI=1S/C12H17N5O/c1-2-7-14-12-15-9-5-3-4-6-10(9)17(12)8-11(18)16-13/h3-6H,2,7-8,13H2,1H3,(H,14,15)(H,16,18). The van der Waals surface area contributed by atoms with Crippen molar-refractivity contribution >= 4 is 22.9 Å². The van der Waals surface area contributed by atoms with Gasteiger partial charge in [0.1, 0.15) is 6.54 Å². The minimum atomic E-state index is -0.252. The minimum Gasteiger partial charge on any atom is -0.356 e. The Morgan fingerprint density at radius 3 is 2.94 bits per heavy atom. The fourth-order valence-corrected chi connectivity index (χ4v) is 1.80. The molecular formula is C12H17N5O. The number of para-hydroxylation sites is 2. The molecule has 0 spiro atoms. The number of carbonyl (C=O) groups is 1. The normalized spacial score (nSPS) is 10.6. The van der Waals surface area contributed by atoms with E-state index in [-0.39, 0.29) is 12.5 Å². The fraction of sp³-hybridized carbons (Fsp3) is 0.333. The SMILES string of the molecule is CCCNc1nc2ccccc2n1CC(=O)NN. The number of imidazole rings is 1. The number of nitrogens with one attached hydrogen (secondary N) is 2. The van der Waals surface area contributed by atoms with Gasteiger partial charge < -0.3 is 9.88 Å². The summed E-state index contributed by atoms with van der Waals surface area (Å²) in [5, 5.41) is 3.21. The number of benzene rings is 1. The Hall–Kier alpha value is -2.08. The highest BCUT2D eigenvalue weighted by atomic mass is 16.2. The van der Waals surface area contributed by atoms with Crippen LogP contribution < -0.4 is 16.6 Å². The Balaban J connectivity index is 2.40. The lowest BCUT2D eigenvalue weighted by Gasteiger charge is -2.09. The van der Waals surface area contributed by atoms with E-state index in [0.717, 1.165) is 24.0 Å². The molecule has 18 heavy (non-hydrogen) atoms. The molecular weight excluding hydrogens is 230 g/mol. The molecule has 0 saturated carbocycles. The van der Waals surface area contributed by atoms with Gasteiger partial charge in [0.25, 0.3) is 5.91 Å². The van der Waals surface area contributed by atoms with Crippen LogP contribution in [0.15, 0.2) is 24.3 Å². The van der Waals surface area contributed by atoms with Crippen molar-refractivity contribution < 1.29 is 4.79 Å². The number of amides is 1. The summed E-state index contributed by atoms with van der Waals surface area (Å²) in [6.07, 6.45) is 0.992. The molecule has 6 nitrogen and oxygen atoms in total. The van der Waals surface area contributed by atoms with Gasteiger partial charge in [0.15, 0.2) is 0 Å². The first kappa shape index (κ1) is 12.4. The first-order chi connectivity index (χ1) is 8.76. The number of rotatable bonds is 5. The zero-order valence-electron chi connectivity index (χ0n) is 10.3. The number of hydrogen-bond donors (Lipinski definition) is 3. The van der Waals surface area contributed by atoms with E-state index in [0.29, 0.717) is 5.95 Å². The molecule has 0 saturated heterocycles. The molecule has 1 aromatic heterocycles. The van der Waals surface area contributed by atoms with Gasteiger partial charge in [-0.3, -0.25) is 10.2 Å². The highest BCUT2D eigenvalue weighted by Crippen LogP contribution is 2.19. The zero-order valence-corrected chi connectivity index (χ0v) is 10.3. The van der Waals surface area contributed by atoms with Crippen molar-refractivity contribution in [3.8, 4) is 0 Å². The Kier molecular flexibility index (Phi) is 3.78. The number of fused-ring (bicyclic) bond motifs is 1. The quantitative estimate of drug-likeness (QED) is 0.415. The largest absolute Gasteiger partial charge is 0.356 e. The summed E-state index contributed by atoms with van der Waals surface area (Å²) in [4.78, 5) is 15.9. The van der Waals surface area contributed by atoms with Gasteiger partial charge in [0.05, 0.1) is 11.0 Å². The van der Waals surface area contributed by atoms with Crippen LogP contribution in [-0.2, 0) is 11.3 Å². The van der Waals surface area contributed by atoms with E-state index in [2.05, 4.69) is 22.7 Å². The Morgan fingerprint density at radius 2 is 2.22 bits per heavy atom. The second kappa shape index (κ2) is 5.50. The van der Waals surface area contributed by atoms with E-state index in [9.17, 15) is 4.79 Å². The van der Waals surface area contributed by atoms with E-state index < -0.39 is 0 Å². The molecule has 0 atom stereocenters. The lowest BCUT2D eigenvalue weighted by molar-refractivity contribution is -0.121. The number of nitrogens with zero attached hydrogens (tertiary/aromatic N) is 2. The number of hydrazine groups is 1. The van der Waals surface area contributed by atoms with Gasteiger partial charge in [-0.2, -0.15) is 0 Å². The summed E-state index contributed by atoms with van der Waals surface area (Å²) in [6.45, 7) is 3.04. The first-order valence-electron chi connectivity index (χ1n) is 5.95. The summed E-state index contributed by atoms with van der Waals surface area (Å²) < 4.78 is 1.83. The van der Waals surface area contributed by atoms with Crippen LogP contribution in [0.25, 0.3) is 11.0 Å².